The Morgan fingerprint density at radius 3 is 2.59 bits per heavy atom. The number of hydrogen-bond donors (Lipinski definition) is 3. The second kappa shape index (κ2) is 4.57. The molecule has 1 fully saturated rings. The second-order valence-electron chi connectivity index (χ2n) is 4.34. The third kappa shape index (κ3) is 2.30. The third-order valence-corrected chi connectivity index (χ3v) is 3.18. The average Bonchev–Trinajstić information content (AvgIpc) is 2.83. The first-order chi connectivity index (χ1) is 8.14. The van der Waals surface area contributed by atoms with Crippen molar-refractivity contribution in [3.8, 4) is 0 Å². The number of rotatable bonds is 3. The van der Waals surface area contributed by atoms with Crippen molar-refractivity contribution in [1.29, 1.82) is 0 Å². The lowest BCUT2D eigenvalue weighted by Gasteiger charge is -2.33. The number of imidazole rings is 1. The molecule has 0 spiro atoms. The fourth-order valence-electron chi connectivity index (χ4n) is 2.21. The molecule has 1 aliphatic carbocycles. The van der Waals surface area contributed by atoms with E-state index in [1.165, 1.54) is 12.4 Å². The van der Waals surface area contributed by atoms with Crippen LogP contribution in [0.5, 0.6) is 0 Å². The minimum Gasteiger partial charge on any atom is -0.480 e. The largest absolute Gasteiger partial charge is 0.480 e. The van der Waals surface area contributed by atoms with Crippen molar-refractivity contribution in [1.82, 2.24) is 15.3 Å². The number of aromatic amines is 1. The van der Waals surface area contributed by atoms with E-state index in [2.05, 4.69) is 15.3 Å². The molecule has 0 radical (unpaired) electrons. The van der Waals surface area contributed by atoms with Gasteiger partial charge in [0.1, 0.15) is 5.54 Å². The van der Waals surface area contributed by atoms with Gasteiger partial charge in [0.25, 0.3) is 5.91 Å². The topological polar surface area (TPSA) is 95.1 Å². The van der Waals surface area contributed by atoms with Gasteiger partial charge in [-0.1, -0.05) is 19.3 Å². The highest BCUT2D eigenvalue weighted by molar-refractivity contribution is 5.95. The van der Waals surface area contributed by atoms with Gasteiger partial charge in [0, 0.05) is 12.4 Å². The first-order valence-electron chi connectivity index (χ1n) is 5.69. The summed E-state index contributed by atoms with van der Waals surface area (Å²) in [5.74, 6) is -1.27. The molecule has 17 heavy (non-hydrogen) atoms. The van der Waals surface area contributed by atoms with Crippen LogP contribution >= 0.6 is 0 Å². The molecule has 0 atom stereocenters. The molecule has 0 aliphatic heterocycles. The fourth-order valence-corrected chi connectivity index (χ4v) is 2.21. The number of carboxylic acid groups (broad SMARTS) is 1. The van der Waals surface area contributed by atoms with Crippen molar-refractivity contribution in [2.45, 2.75) is 37.6 Å². The zero-order chi connectivity index (χ0) is 12.3. The van der Waals surface area contributed by atoms with E-state index in [0.29, 0.717) is 12.8 Å². The predicted octanol–water partition coefficient (Wildman–Crippen LogP) is 0.927. The molecule has 1 heterocycles. The molecule has 6 nitrogen and oxygen atoms in total. The zero-order valence-electron chi connectivity index (χ0n) is 9.40. The van der Waals surface area contributed by atoms with Crippen LogP contribution in [-0.2, 0) is 4.79 Å². The van der Waals surface area contributed by atoms with Crippen molar-refractivity contribution < 1.29 is 14.7 Å². The Labute approximate surface area is 98.4 Å². The summed E-state index contributed by atoms with van der Waals surface area (Å²) in [4.78, 5) is 29.6. The molecule has 3 N–H and O–H groups in total. The summed E-state index contributed by atoms with van der Waals surface area (Å²) in [6.07, 6.45) is 6.62. The number of carbonyl (C=O) groups is 2. The van der Waals surface area contributed by atoms with E-state index in [4.69, 9.17) is 0 Å². The Morgan fingerprint density at radius 1 is 1.35 bits per heavy atom. The van der Waals surface area contributed by atoms with E-state index >= 15 is 0 Å². The van der Waals surface area contributed by atoms with Gasteiger partial charge in [-0.25, -0.2) is 9.78 Å². The maximum Gasteiger partial charge on any atom is 0.329 e. The lowest BCUT2D eigenvalue weighted by atomic mass is 9.81. The van der Waals surface area contributed by atoms with Crippen LogP contribution in [0.3, 0.4) is 0 Å². The lowest BCUT2D eigenvalue weighted by molar-refractivity contribution is -0.145. The Kier molecular flexibility index (Phi) is 3.12. The Balaban J connectivity index is 2.13. The number of nitrogens with zero attached hydrogens (tertiary/aromatic N) is 1. The van der Waals surface area contributed by atoms with Crippen molar-refractivity contribution >= 4 is 11.9 Å². The van der Waals surface area contributed by atoms with Gasteiger partial charge in [-0.2, -0.15) is 0 Å². The Bertz CT molecular complexity index is 408. The second-order valence-corrected chi connectivity index (χ2v) is 4.34. The van der Waals surface area contributed by atoms with Crippen molar-refractivity contribution in [2.75, 3.05) is 0 Å². The molecule has 92 valence electrons. The van der Waals surface area contributed by atoms with Gasteiger partial charge in [-0.15, -0.1) is 0 Å². The number of aromatic nitrogens is 2. The van der Waals surface area contributed by atoms with Crippen molar-refractivity contribution in [3.63, 3.8) is 0 Å². The molecule has 1 aliphatic rings. The highest BCUT2D eigenvalue weighted by Crippen LogP contribution is 2.28. The van der Waals surface area contributed by atoms with Crippen LogP contribution in [0.1, 0.15) is 42.7 Å². The van der Waals surface area contributed by atoms with E-state index in [1.54, 1.807) is 0 Å². The van der Waals surface area contributed by atoms with Gasteiger partial charge in [0.15, 0.2) is 5.82 Å². The zero-order valence-corrected chi connectivity index (χ0v) is 9.40. The molecular weight excluding hydrogens is 222 g/mol. The van der Waals surface area contributed by atoms with Crippen molar-refractivity contribution in [3.05, 3.63) is 18.2 Å². The fraction of sp³-hybridized carbons (Fsp3) is 0.545. The van der Waals surface area contributed by atoms with Gasteiger partial charge in [0.2, 0.25) is 0 Å². The molecule has 0 unspecified atom stereocenters. The van der Waals surface area contributed by atoms with Gasteiger partial charge < -0.3 is 15.4 Å². The van der Waals surface area contributed by atoms with Crippen molar-refractivity contribution in [2.24, 2.45) is 0 Å². The molecule has 1 aromatic heterocycles. The summed E-state index contributed by atoms with van der Waals surface area (Å²) in [6, 6.07) is 0. The van der Waals surface area contributed by atoms with Crippen LogP contribution in [-0.4, -0.2) is 32.5 Å². The summed E-state index contributed by atoms with van der Waals surface area (Å²) in [5, 5.41) is 11.9. The minimum atomic E-state index is -1.12. The number of hydrogen-bond acceptors (Lipinski definition) is 3. The first-order valence-corrected chi connectivity index (χ1v) is 5.69. The van der Waals surface area contributed by atoms with Crippen LogP contribution in [0.2, 0.25) is 0 Å². The third-order valence-electron chi connectivity index (χ3n) is 3.18. The molecule has 0 bridgehead atoms. The van der Waals surface area contributed by atoms with E-state index in [-0.39, 0.29) is 5.82 Å². The lowest BCUT2D eigenvalue weighted by Crippen LogP contribution is -2.55. The van der Waals surface area contributed by atoms with E-state index in [9.17, 15) is 14.7 Å². The molecule has 1 amide bonds. The quantitative estimate of drug-likeness (QED) is 0.728. The number of aliphatic carboxylic acids is 1. The van der Waals surface area contributed by atoms with Gasteiger partial charge in [-0.05, 0) is 12.8 Å². The number of carbonyl (C=O) groups excluding carboxylic acids is 1. The molecular formula is C11H15N3O3. The number of carboxylic acids is 1. The predicted molar refractivity (Wildman–Crippen MR) is 59.5 cm³/mol. The Morgan fingerprint density at radius 2 is 2.06 bits per heavy atom. The van der Waals surface area contributed by atoms with Crippen LogP contribution in [0.4, 0.5) is 0 Å². The SMILES string of the molecule is O=C(NC1(C(=O)O)CCCCC1)c1ncc[nH]1. The summed E-state index contributed by atoms with van der Waals surface area (Å²) in [6.45, 7) is 0. The number of amides is 1. The number of nitrogens with one attached hydrogen (secondary N) is 2. The molecule has 1 saturated carbocycles. The standard InChI is InChI=1S/C11H15N3O3/c15-9(8-12-6-7-13-8)14-11(10(16)17)4-2-1-3-5-11/h6-7H,1-5H2,(H,12,13)(H,14,15)(H,16,17). The maximum absolute atomic E-state index is 11.8. The summed E-state index contributed by atoms with van der Waals surface area (Å²) in [7, 11) is 0. The highest BCUT2D eigenvalue weighted by atomic mass is 16.4. The van der Waals surface area contributed by atoms with E-state index in [1.807, 2.05) is 0 Å². The van der Waals surface area contributed by atoms with E-state index < -0.39 is 17.4 Å². The van der Waals surface area contributed by atoms with Crippen LogP contribution < -0.4 is 5.32 Å². The molecule has 0 aromatic carbocycles. The Hall–Kier alpha value is -1.85. The first kappa shape index (κ1) is 11.6. The minimum absolute atomic E-state index is 0.149. The normalized spacial score (nSPS) is 18.6. The number of H-pyrrole nitrogens is 1. The van der Waals surface area contributed by atoms with Gasteiger partial charge >= 0.3 is 5.97 Å². The average molecular weight is 237 g/mol. The smallest absolute Gasteiger partial charge is 0.329 e. The summed E-state index contributed by atoms with van der Waals surface area (Å²) in [5.41, 5.74) is -1.12. The van der Waals surface area contributed by atoms with Gasteiger partial charge in [-0.3, -0.25) is 4.79 Å². The highest BCUT2D eigenvalue weighted by Gasteiger charge is 2.41. The summed E-state index contributed by atoms with van der Waals surface area (Å²) < 4.78 is 0. The monoisotopic (exact) mass is 237 g/mol. The molecule has 6 heteroatoms. The maximum atomic E-state index is 11.8. The molecule has 1 aromatic rings. The summed E-state index contributed by atoms with van der Waals surface area (Å²) >= 11 is 0. The van der Waals surface area contributed by atoms with E-state index in [0.717, 1.165) is 19.3 Å². The van der Waals surface area contributed by atoms with Crippen LogP contribution in [0.15, 0.2) is 12.4 Å². The van der Waals surface area contributed by atoms with Crippen LogP contribution in [0, 0.1) is 0 Å². The van der Waals surface area contributed by atoms with Gasteiger partial charge in [0.05, 0.1) is 0 Å². The molecule has 2 rings (SSSR count). The molecule has 0 saturated heterocycles. The van der Waals surface area contributed by atoms with Crippen LogP contribution in [0.25, 0.3) is 0 Å².